The third-order valence-corrected chi connectivity index (χ3v) is 5.76. The van der Waals surface area contributed by atoms with E-state index in [1.807, 2.05) is 11.0 Å². The number of morpholine rings is 1. The van der Waals surface area contributed by atoms with Crippen molar-refractivity contribution >= 4 is 11.8 Å². The van der Waals surface area contributed by atoms with Crippen molar-refractivity contribution in [3.63, 3.8) is 0 Å². The second-order valence-electron chi connectivity index (χ2n) is 7.72. The first-order chi connectivity index (χ1) is 14.3. The van der Waals surface area contributed by atoms with Gasteiger partial charge in [-0.3, -0.25) is 4.90 Å². The Morgan fingerprint density at radius 1 is 1.00 bits per heavy atom. The van der Waals surface area contributed by atoms with E-state index in [0.717, 1.165) is 13.1 Å². The monoisotopic (exact) mass is 399 g/mol. The zero-order chi connectivity index (χ0) is 19.9. The average molecular weight is 400 g/mol. The largest absolute Gasteiger partial charge is 0.378 e. The molecular formula is C22H30FN5O. The number of nitrogens with zero attached hydrogens (tertiary/aromatic N) is 4. The number of rotatable bonds is 6. The molecule has 29 heavy (non-hydrogen) atoms. The summed E-state index contributed by atoms with van der Waals surface area (Å²) in [5.74, 6) is 0.449. The van der Waals surface area contributed by atoms with Crippen molar-refractivity contribution in [1.29, 1.82) is 0 Å². The van der Waals surface area contributed by atoms with Crippen molar-refractivity contribution in [3.05, 3.63) is 47.9 Å². The number of hydrogen-bond donors (Lipinski definition) is 1. The Labute approximate surface area is 172 Å². The van der Waals surface area contributed by atoms with Crippen LogP contribution in [0.25, 0.3) is 0 Å². The Morgan fingerprint density at radius 2 is 1.72 bits per heavy atom. The van der Waals surface area contributed by atoms with Crippen LogP contribution in [-0.2, 0) is 4.74 Å². The zero-order valence-corrected chi connectivity index (χ0v) is 16.9. The summed E-state index contributed by atoms with van der Waals surface area (Å²) in [6.45, 7) is 5.38. The van der Waals surface area contributed by atoms with E-state index in [1.54, 1.807) is 0 Å². The number of likely N-dealkylation sites (tertiary alicyclic amines) is 1. The van der Waals surface area contributed by atoms with E-state index in [2.05, 4.69) is 44.5 Å². The zero-order valence-electron chi connectivity index (χ0n) is 16.9. The lowest BCUT2D eigenvalue weighted by Gasteiger charge is -2.31. The van der Waals surface area contributed by atoms with Gasteiger partial charge in [-0.05, 0) is 31.5 Å². The summed E-state index contributed by atoms with van der Waals surface area (Å²) in [4.78, 5) is 13.2. The minimum atomic E-state index is -0.385. The molecule has 2 aromatic rings. The lowest BCUT2D eigenvalue weighted by molar-refractivity contribution is 0.122. The molecule has 1 N–H and O–H groups in total. The van der Waals surface area contributed by atoms with E-state index in [0.29, 0.717) is 44.6 Å². The third kappa shape index (κ3) is 5.22. The molecule has 1 atom stereocenters. The molecular weight excluding hydrogens is 369 g/mol. The van der Waals surface area contributed by atoms with Gasteiger partial charge < -0.3 is 15.0 Å². The molecule has 0 amide bonds. The summed E-state index contributed by atoms with van der Waals surface area (Å²) in [7, 11) is 0. The minimum Gasteiger partial charge on any atom is -0.378 e. The van der Waals surface area contributed by atoms with E-state index < -0.39 is 0 Å². The van der Waals surface area contributed by atoms with Crippen LogP contribution >= 0.6 is 0 Å². The van der Waals surface area contributed by atoms with Gasteiger partial charge in [0.25, 0.3) is 0 Å². The highest BCUT2D eigenvalue weighted by atomic mass is 19.1. The van der Waals surface area contributed by atoms with Crippen molar-refractivity contribution in [3.8, 4) is 0 Å². The quantitative estimate of drug-likeness (QED) is 0.803. The van der Waals surface area contributed by atoms with Crippen molar-refractivity contribution in [2.24, 2.45) is 0 Å². The molecule has 2 saturated heterocycles. The molecule has 1 aromatic carbocycles. The molecule has 6 nitrogen and oxygen atoms in total. The Balaban J connectivity index is 1.49. The van der Waals surface area contributed by atoms with Crippen LogP contribution in [0.4, 0.5) is 16.2 Å². The fraction of sp³-hybridized carbons (Fsp3) is 0.545. The first-order valence-electron chi connectivity index (χ1n) is 10.7. The molecule has 2 fully saturated rings. The van der Waals surface area contributed by atoms with Gasteiger partial charge >= 0.3 is 0 Å². The lowest BCUT2D eigenvalue weighted by atomic mass is 10.0. The van der Waals surface area contributed by atoms with Crippen LogP contribution in [0.1, 0.15) is 37.3 Å². The Hall–Kier alpha value is -2.25. The molecule has 4 rings (SSSR count). The summed E-state index contributed by atoms with van der Waals surface area (Å²) < 4.78 is 19.7. The second-order valence-corrected chi connectivity index (χ2v) is 7.72. The van der Waals surface area contributed by atoms with Crippen LogP contribution < -0.4 is 10.2 Å². The number of anilines is 2. The van der Waals surface area contributed by atoms with Gasteiger partial charge in [-0.25, -0.2) is 9.37 Å². The van der Waals surface area contributed by atoms with Crippen molar-refractivity contribution in [2.45, 2.75) is 31.7 Å². The van der Waals surface area contributed by atoms with Gasteiger partial charge in [-0.2, -0.15) is 4.98 Å². The van der Waals surface area contributed by atoms with Gasteiger partial charge in [0, 0.05) is 19.6 Å². The fourth-order valence-corrected chi connectivity index (χ4v) is 4.17. The van der Waals surface area contributed by atoms with E-state index in [4.69, 9.17) is 4.74 Å². The van der Waals surface area contributed by atoms with Crippen molar-refractivity contribution < 1.29 is 9.13 Å². The summed E-state index contributed by atoms with van der Waals surface area (Å²) in [5, 5.41) is 3.38. The maximum atomic E-state index is 14.3. The number of hydrogen-bond acceptors (Lipinski definition) is 6. The summed E-state index contributed by atoms with van der Waals surface area (Å²) >= 11 is 0. The highest BCUT2D eigenvalue weighted by molar-refractivity contribution is 5.44. The van der Waals surface area contributed by atoms with E-state index in [1.165, 1.54) is 37.4 Å². The van der Waals surface area contributed by atoms with Crippen LogP contribution in [-0.4, -0.2) is 60.8 Å². The summed E-state index contributed by atoms with van der Waals surface area (Å²) in [6.07, 6.45) is 6.34. The molecule has 0 saturated carbocycles. The molecule has 2 aliphatic heterocycles. The molecule has 1 aromatic heterocycles. The molecule has 7 heteroatoms. The standard InChI is InChI=1S/C22H30FN5O/c23-19-16-24-22(26-21(19)28-12-14-29-15-13-28)25-17-20(18-8-4-3-5-9-18)27-10-6-1-2-7-11-27/h3-5,8-9,16,20H,1-2,6-7,10-15,17H2,(H,24,25,26). The van der Waals surface area contributed by atoms with Gasteiger partial charge in [-0.1, -0.05) is 43.2 Å². The predicted molar refractivity (Wildman–Crippen MR) is 113 cm³/mol. The summed E-state index contributed by atoms with van der Waals surface area (Å²) in [5.41, 5.74) is 1.29. The third-order valence-electron chi connectivity index (χ3n) is 5.76. The highest BCUT2D eigenvalue weighted by Gasteiger charge is 2.22. The number of aromatic nitrogens is 2. The topological polar surface area (TPSA) is 53.5 Å². The minimum absolute atomic E-state index is 0.245. The first-order valence-corrected chi connectivity index (χ1v) is 10.7. The van der Waals surface area contributed by atoms with Crippen LogP contribution in [0, 0.1) is 5.82 Å². The SMILES string of the molecule is Fc1cnc(NCC(c2ccccc2)N2CCCCCC2)nc1N1CCOCC1. The van der Waals surface area contributed by atoms with Crippen LogP contribution in [0.15, 0.2) is 36.5 Å². The maximum Gasteiger partial charge on any atom is 0.224 e. The van der Waals surface area contributed by atoms with Gasteiger partial charge in [0.15, 0.2) is 11.6 Å². The van der Waals surface area contributed by atoms with Gasteiger partial charge in [0.05, 0.1) is 25.5 Å². The molecule has 0 radical (unpaired) electrons. The number of ether oxygens (including phenoxy) is 1. The molecule has 156 valence electrons. The van der Waals surface area contributed by atoms with Crippen LogP contribution in [0.2, 0.25) is 0 Å². The lowest BCUT2D eigenvalue weighted by Crippen LogP contribution is -2.37. The highest BCUT2D eigenvalue weighted by Crippen LogP contribution is 2.25. The van der Waals surface area contributed by atoms with E-state index >= 15 is 0 Å². The number of benzene rings is 1. The maximum absolute atomic E-state index is 14.3. The summed E-state index contributed by atoms with van der Waals surface area (Å²) in [6, 6.07) is 10.8. The molecule has 2 aliphatic rings. The van der Waals surface area contributed by atoms with Gasteiger partial charge in [0.2, 0.25) is 5.95 Å². The van der Waals surface area contributed by atoms with Crippen molar-refractivity contribution in [2.75, 3.05) is 56.2 Å². The normalized spacial score (nSPS) is 19.6. The van der Waals surface area contributed by atoms with E-state index in [-0.39, 0.29) is 11.9 Å². The first kappa shape index (κ1) is 20.0. The van der Waals surface area contributed by atoms with E-state index in [9.17, 15) is 4.39 Å². The average Bonchev–Trinajstić information content (AvgIpc) is 3.06. The fourth-order valence-electron chi connectivity index (χ4n) is 4.17. The van der Waals surface area contributed by atoms with Crippen LogP contribution in [0.5, 0.6) is 0 Å². The molecule has 3 heterocycles. The Kier molecular flexibility index (Phi) is 6.90. The predicted octanol–water partition coefficient (Wildman–Crippen LogP) is 3.48. The second kappa shape index (κ2) is 9.98. The van der Waals surface area contributed by atoms with Gasteiger partial charge in [0.1, 0.15) is 0 Å². The van der Waals surface area contributed by atoms with Crippen molar-refractivity contribution in [1.82, 2.24) is 14.9 Å². The van der Waals surface area contributed by atoms with Crippen LogP contribution in [0.3, 0.4) is 0 Å². The smallest absolute Gasteiger partial charge is 0.224 e. The Morgan fingerprint density at radius 3 is 2.45 bits per heavy atom. The number of nitrogens with one attached hydrogen (secondary N) is 1. The molecule has 1 unspecified atom stereocenters. The van der Waals surface area contributed by atoms with Gasteiger partial charge in [-0.15, -0.1) is 0 Å². The Bertz CT molecular complexity index is 761. The molecule has 0 spiro atoms. The number of halogens is 1. The molecule has 0 aliphatic carbocycles. The molecule has 0 bridgehead atoms.